The van der Waals surface area contributed by atoms with Crippen molar-refractivity contribution < 1.29 is 13.2 Å². The fraction of sp³-hybridized carbons (Fsp3) is 0.500. The fourth-order valence-electron chi connectivity index (χ4n) is 2.81. The van der Waals surface area contributed by atoms with Crippen LogP contribution in [0.4, 0.5) is 0 Å². The van der Waals surface area contributed by atoms with Gasteiger partial charge in [-0.15, -0.1) is 0 Å². The average molecular weight is 390 g/mol. The maximum atomic E-state index is 12.7. The van der Waals surface area contributed by atoms with Gasteiger partial charge < -0.3 is 10.2 Å². The van der Waals surface area contributed by atoms with Crippen molar-refractivity contribution in [3.8, 4) is 0 Å². The van der Waals surface area contributed by atoms with Gasteiger partial charge in [-0.3, -0.25) is 4.79 Å². The van der Waals surface area contributed by atoms with Crippen LogP contribution in [0.15, 0.2) is 21.5 Å². The van der Waals surface area contributed by atoms with Gasteiger partial charge in [-0.1, -0.05) is 15.9 Å². The van der Waals surface area contributed by atoms with Gasteiger partial charge in [-0.2, -0.15) is 0 Å². The minimum absolute atomic E-state index is 0.0174. The van der Waals surface area contributed by atoms with Gasteiger partial charge in [0.15, 0.2) is 0 Å². The van der Waals surface area contributed by atoms with E-state index in [4.69, 9.17) is 5.14 Å². The minimum Gasteiger partial charge on any atom is -0.338 e. The number of sulfonamides is 1. The number of nitrogens with zero attached hydrogens (tertiary/aromatic N) is 1. The molecule has 1 unspecified atom stereocenters. The summed E-state index contributed by atoms with van der Waals surface area (Å²) in [4.78, 5) is 14.4. The van der Waals surface area contributed by atoms with E-state index in [1.54, 1.807) is 17.9 Å². The molecule has 1 fully saturated rings. The van der Waals surface area contributed by atoms with Gasteiger partial charge in [0.2, 0.25) is 10.0 Å². The lowest BCUT2D eigenvalue weighted by Crippen LogP contribution is -2.31. The summed E-state index contributed by atoms with van der Waals surface area (Å²) in [6, 6.07) is 3.08. The van der Waals surface area contributed by atoms with Crippen molar-refractivity contribution in [2.24, 2.45) is 11.1 Å². The van der Waals surface area contributed by atoms with E-state index in [2.05, 4.69) is 21.2 Å². The highest BCUT2D eigenvalue weighted by atomic mass is 79.9. The third kappa shape index (κ3) is 3.68. The lowest BCUT2D eigenvalue weighted by molar-refractivity contribution is 0.0786. The molecule has 0 saturated carbocycles. The van der Waals surface area contributed by atoms with E-state index in [0.717, 1.165) is 13.0 Å². The molecule has 1 aromatic rings. The Morgan fingerprint density at radius 3 is 2.77 bits per heavy atom. The third-order valence-corrected chi connectivity index (χ3v) is 5.42. The highest BCUT2D eigenvalue weighted by Gasteiger charge is 2.28. The number of nitrogens with one attached hydrogen (secondary N) is 1. The van der Waals surface area contributed by atoms with Gasteiger partial charge in [0.25, 0.3) is 5.91 Å². The van der Waals surface area contributed by atoms with Gasteiger partial charge in [-0.05, 0) is 50.6 Å². The molecule has 6 nitrogen and oxygen atoms in total. The van der Waals surface area contributed by atoms with Crippen molar-refractivity contribution in [2.45, 2.75) is 18.2 Å². The van der Waals surface area contributed by atoms with E-state index >= 15 is 0 Å². The summed E-state index contributed by atoms with van der Waals surface area (Å²) in [5, 5.41) is 8.35. The molecule has 1 saturated heterocycles. The molecular weight excluding hydrogens is 370 g/mol. The number of nitrogens with two attached hydrogens (primary N) is 1. The normalized spacial score (nSPS) is 18.7. The highest BCUT2D eigenvalue weighted by molar-refractivity contribution is 9.10. The van der Waals surface area contributed by atoms with Gasteiger partial charge in [0.05, 0.1) is 4.90 Å². The second kappa shape index (κ2) is 6.66. The summed E-state index contributed by atoms with van der Waals surface area (Å²) < 4.78 is 23.9. The van der Waals surface area contributed by atoms with Crippen molar-refractivity contribution in [1.82, 2.24) is 10.2 Å². The van der Waals surface area contributed by atoms with E-state index in [1.165, 1.54) is 6.07 Å². The number of likely N-dealkylation sites (tertiary alicyclic amines) is 1. The van der Waals surface area contributed by atoms with Crippen LogP contribution in [0.3, 0.4) is 0 Å². The van der Waals surface area contributed by atoms with Crippen LogP contribution in [0.1, 0.15) is 22.3 Å². The van der Waals surface area contributed by atoms with E-state index in [9.17, 15) is 13.2 Å². The number of rotatable bonds is 4. The second-order valence-corrected chi connectivity index (χ2v) is 8.03. The molecule has 1 atom stereocenters. The Bertz CT molecular complexity index is 691. The molecule has 8 heteroatoms. The molecule has 22 heavy (non-hydrogen) atoms. The standard InChI is InChI=1S/C14H20BrN3O3S/c1-9-12(5-11(15)6-13(9)22(16,20)21)14(19)18-4-3-10(8-18)7-17-2/h5-6,10,17H,3-4,7-8H2,1-2H3,(H2,16,20,21). The highest BCUT2D eigenvalue weighted by Crippen LogP contribution is 2.27. The largest absolute Gasteiger partial charge is 0.338 e. The monoisotopic (exact) mass is 389 g/mol. The zero-order valence-electron chi connectivity index (χ0n) is 12.6. The first-order valence-corrected chi connectivity index (χ1v) is 9.34. The van der Waals surface area contributed by atoms with E-state index in [1.807, 2.05) is 7.05 Å². The SMILES string of the molecule is CNCC1CCN(C(=O)c2cc(Br)cc(S(N)(=O)=O)c2C)C1. The van der Waals surface area contributed by atoms with Crippen LogP contribution in [-0.2, 0) is 10.0 Å². The number of primary sulfonamides is 1. The molecule has 0 radical (unpaired) electrons. The van der Waals surface area contributed by atoms with Crippen LogP contribution >= 0.6 is 15.9 Å². The average Bonchev–Trinajstić information content (AvgIpc) is 2.88. The Labute approximate surface area is 139 Å². The number of hydrogen-bond donors (Lipinski definition) is 2. The maximum absolute atomic E-state index is 12.7. The van der Waals surface area contributed by atoms with Crippen LogP contribution in [0, 0.1) is 12.8 Å². The summed E-state index contributed by atoms with van der Waals surface area (Å²) in [7, 11) is -1.98. The molecular formula is C14H20BrN3O3S. The molecule has 1 aliphatic heterocycles. The van der Waals surface area contributed by atoms with E-state index in [-0.39, 0.29) is 10.8 Å². The van der Waals surface area contributed by atoms with Crippen LogP contribution in [0.2, 0.25) is 0 Å². The topological polar surface area (TPSA) is 92.5 Å². The molecule has 0 spiro atoms. The Kier molecular flexibility index (Phi) is 5.26. The van der Waals surface area contributed by atoms with Gasteiger partial charge >= 0.3 is 0 Å². The lowest BCUT2D eigenvalue weighted by atomic mass is 10.1. The molecule has 0 bridgehead atoms. The Balaban J connectivity index is 2.33. The summed E-state index contributed by atoms with van der Waals surface area (Å²) in [6.07, 6.45) is 0.946. The zero-order valence-corrected chi connectivity index (χ0v) is 15.0. The Morgan fingerprint density at radius 1 is 1.50 bits per heavy atom. The molecule has 122 valence electrons. The van der Waals surface area contributed by atoms with Crippen molar-refractivity contribution in [1.29, 1.82) is 0 Å². The smallest absolute Gasteiger partial charge is 0.254 e. The van der Waals surface area contributed by atoms with Crippen LogP contribution in [0.25, 0.3) is 0 Å². The number of carbonyl (C=O) groups is 1. The van der Waals surface area contributed by atoms with Gasteiger partial charge in [-0.25, -0.2) is 13.6 Å². The molecule has 2 rings (SSSR count). The van der Waals surface area contributed by atoms with Crippen LogP contribution in [0.5, 0.6) is 0 Å². The number of amides is 1. The van der Waals surface area contributed by atoms with E-state index in [0.29, 0.717) is 34.6 Å². The molecule has 1 aliphatic rings. The van der Waals surface area contributed by atoms with Crippen molar-refractivity contribution in [3.05, 3.63) is 27.7 Å². The lowest BCUT2D eigenvalue weighted by Gasteiger charge is -2.19. The third-order valence-electron chi connectivity index (χ3n) is 3.93. The van der Waals surface area contributed by atoms with Crippen molar-refractivity contribution in [2.75, 3.05) is 26.7 Å². The summed E-state index contributed by atoms with van der Waals surface area (Å²) in [6.45, 7) is 3.84. The Morgan fingerprint density at radius 2 is 2.18 bits per heavy atom. The predicted octanol–water partition coefficient (Wildman–Crippen LogP) is 1.09. The molecule has 0 aromatic heterocycles. The first-order chi connectivity index (χ1) is 10.2. The fourth-order valence-corrected chi connectivity index (χ4v) is 4.25. The van der Waals surface area contributed by atoms with Gasteiger partial charge in [0, 0.05) is 23.1 Å². The quantitative estimate of drug-likeness (QED) is 0.805. The minimum atomic E-state index is -3.87. The number of hydrogen-bond acceptors (Lipinski definition) is 4. The van der Waals surface area contributed by atoms with Crippen molar-refractivity contribution in [3.63, 3.8) is 0 Å². The van der Waals surface area contributed by atoms with Crippen molar-refractivity contribution >= 4 is 31.9 Å². The molecule has 0 aliphatic carbocycles. The molecule has 1 amide bonds. The maximum Gasteiger partial charge on any atom is 0.254 e. The molecule has 1 aromatic carbocycles. The number of halogens is 1. The van der Waals surface area contributed by atoms with E-state index < -0.39 is 10.0 Å². The van der Waals surface area contributed by atoms with Crippen LogP contribution in [-0.4, -0.2) is 45.9 Å². The Hall–Kier alpha value is -0.960. The summed E-state index contributed by atoms with van der Waals surface area (Å²) >= 11 is 3.25. The predicted molar refractivity (Wildman–Crippen MR) is 88.2 cm³/mol. The summed E-state index contributed by atoms with van der Waals surface area (Å²) in [5.74, 6) is 0.279. The first-order valence-electron chi connectivity index (χ1n) is 7.01. The van der Waals surface area contributed by atoms with Crippen LogP contribution < -0.4 is 10.5 Å². The second-order valence-electron chi connectivity index (χ2n) is 5.59. The number of benzene rings is 1. The van der Waals surface area contributed by atoms with Gasteiger partial charge in [0.1, 0.15) is 0 Å². The summed E-state index contributed by atoms with van der Waals surface area (Å²) in [5.41, 5.74) is 0.774. The molecule has 3 N–H and O–H groups in total. The first kappa shape index (κ1) is 17.4. The number of carbonyl (C=O) groups excluding carboxylic acids is 1. The zero-order chi connectivity index (χ0) is 16.5. The molecule has 1 heterocycles.